The maximum absolute atomic E-state index is 12.6. The molecule has 1 aliphatic heterocycles. The second kappa shape index (κ2) is 5.59. The molecule has 0 aliphatic carbocycles. The van der Waals surface area contributed by atoms with Crippen LogP contribution in [0.15, 0.2) is 23.1 Å². The largest absolute Gasteiger partial charge is 0.398 e. The number of carbonyl (C=O) groups excluding carboxylic acids is 1. The fourth-order valence-electron chi connectivity index (χ4n) is 2.36. The fraction of sp³-hybridized carbons (Fsp3) is 0.417. The molecule has 20 heavy (non-hydrogen) atoms. The number of piperidine rings is 1. The van der Waals surface area contributed by atoms with Crippen LogP contribution in [0, 0.1) is 0 Å². The van der Waals surface area contributed by atoms with E-state index in [1.54, 1.807) is 0 Å². The molecule has 0 bridgehead atoms. The Balaban J connectivity index is 2.45. The van der Waals surface area contributed by atoms with Gasteiger partial charge in [-0.15, -0.1) is 0 Å². The molecule has 0 spiro atoms. The predicted molar refractivity (Wildman–Crippen MR) is 76.6 cm³/mol. The van der Waals surface area contributed by atoms with Gasteiger partial charge in [-0.2, -0.15) is 4.31 Å². The normalized spacial score (nSPS) is 20.8. The van der Waals surface area contributed by atoms with Gasteiger partial charge in [-0.3, -0.25) is 4.79 Å². The third-order valence-electron chi connectivity index (χ3n) is 3.34. The number of carbonyl (C=O) groups is 1. The second-order valence-electron chi connectivity index (χ2n) is 4.71. The number of halogens is 1. The van der Waals surface area contributed by atoms with E-state index in [1.807, 2.05) is 0 Å². The van der Waals surface area contributed by atoms with Crippen LogP contribution in [0.3, 0.4) is 0 Å². The molecule has 0 aromatic heterocycles. The highest BCUT2D eigenvalue weighted by molar-refractivity contribution is 7.89. The number of nitrogens with two attached hydrogens (primary N) is 2. The summed E-state index contributed by atoms with van der Waals surface area (Å²) in [7, 11) is -3.85. The summed E-state index contributed by atoms with van der Waals surface area (Å²) in [6.45, 7) is 0.262. The summed E-state index contributed by atoms with van der Waals surface area (Å²) in [5, 5.41) is 0.353. The average molecular weight is 318 g/mol. The smallest absolute Gasteiger partial charge is 0.245 e. The maximum atomic E-state index is 12.6. The van der Waals surface area contributed by atoms with Gasteiger partial charge in [-0.1, -0.05) is 18.0 Å². The van der Waals surface area contributed by atoms with Crippen molar-refractivity contribution in [1.29, 1.82) is 0 Å². The van der Waals surface area contributed by atoms with Crippen LogP contribution in [-0.4, -0.2) is 31.2 Å². The van der Waals surface area contributed by atoms with E-state index in [9.17, 15) is 13.2 Å². The Kier molecular flexibility index (Phi) is 4.22. The van der Waals surface area contributed by atoms with Crippen molar-refractivity contribution in [1.82, 2.24) is 4.31 Å². The number of primary amides is 1. The summed E-state index contributed by atoms with van der Waals surface area (Å²) in [4.78, 5) is 11.4. The quantitative estimate of drug-likeness (QED) is 0.809. The summed E-state index contributed by atoms with van der Waals surface area (Å²) < 4.78 is 26.4. The summed E-state index contributed by atoms with van der Waals surface area (Å²) >= 11 is 5.77. The maximum Gasteiger partial charge on any atom is 0.245 e. The first kappa shape index (κ1) is 15.1. The number of hydrogen-bond donors (Lipinski definition) is 2. The van der Waals surface area contributed by atoms with E-state index < -0.39 is 22.0 Å². The Morgan fingerprint density at radius 1 is 1.35 bits per heavy atom. The number of benzene rings is 1. The molecule has 1 aromatic rings. The summed E-state index contributed by atoms with van der Waals surface area (Å²) in [5.41, 5.74) is 11.1. The van der Waals surface area contributed by atoms with Gasteiger partial charge >= 0.3 is 0 Å². The fourth-order valence-corrected chi connectivity index (χ4v) is 4.30. The van der Waals surface area contributed by atoms with Crippen LogP contribution in [0.5, 0.6) is 0 Å². The van der Waals surface area contributed by atoms with Gasteiger partial charge in [0, 0.05) is 11.6 Å². The predicted octanol–water partition coefficient (Wildman–Crippen LogP) is 0.951. The molecule has 0 radical (unpaired) electrons. The van der Waals surface area contributed by atoms with Gasteiger partial charge in [-0.25, -0.2) is 8.42 Å². The van der Waals surface area contributed by atoms with Gasteiger partial charge in [0.05, 0.1) is 5.69 Å². The summed E-state index contributed by atoms with van der Waals surface area (Å²) in [6.07, 6.45) is 1.90. The average Bonchev–Trinajstić information content (AvgIpc) is 2.38. The number of anilines is 1. The minimum absolute atomic E-state index is 0.0462. The van der Waals surface area contributed by atoms with E-state index in [0.717, 1.165) is 10.7 Å². The lowest BCUT2D eigenvalue weighted by molar-refractivity contribution is -0.122. The van der Waals surface area contributed by atoms with Crippen molar-refractivity contribution >= 4 is 33.2 Å². The minimum atomic E-state index is -3.85. The number of rotatable bonds is 3. The number of sulfonamides is 1. The standard InChI is InChI=1S/C12H16ClN3O3S/c13-8-4-5-11(9(14)7-8)20(18,19)16-6-2-1-3-10(16)12(15)17/h4-5,7,10H,1-3,6,14H2,(H2,15,17). The van der Waals surface area contributed by atoms with Crippen LogP contribution in [0.4, 0.5) is 5.69 Å². The topological polar surface area (TPSA) is 106 Å². The number of amides is 1. The molecule has 6 nitrogen and oxygen atoms in total. The lowest BCUT2D eigenvalue weighted by atomic mass is 10.0. The molecule has 2 rings (SSSR count). The van der Waals surface area contributed by atoms with Crippen molar-refractivity contribution in [2.24, 2.45) is 5.73 Å². The molecule has 1 saturated heterocycles. The van der Waals surface area contributed by atoms with Crippen molar-refractivity contribution < 1.29 is 13.2 Å². The second-order valence-corrected chi connectivity index (χ2v) is 7.01. The van der Waals surface area contributed by atoms with E-state index in [0.29, 0.717) is 17.9 Å². The zero-order chi connectivity index (χ0) is 14.9. The Labute approximate surface area is 122 Å². The van der Waals surface area contributed by atoms with Crippen molar-refractivity contribution in [3.8, 4) is 0 Å². The van der Waals surface area contributed by atoms with Gasteiger partial charge in [0.25, 0.3) is 0 Å². The Bertz CT molecular complexity index is 633. The van der Waals surface area contributed by atoms with Gasteiger partial charge < -0.3 is 11.5 Å². The molecule has 110 valence electrons. The van der Waals surface area contributed by atoms with Crippen molar-refractivity contribution in [2.45, 2.75) is 30.2 Å². The SMILES string of the molecule is NC(=O)C1CCCCN1S(=O)(=O)c1ccc(Cl)cc1N. The van der Waals surface area contributed by atoms with E-state index in [2.05, 4.69) is 0 Å². The van der Waals surface area contributed by atoms with Gasteiger partial charge in [0.1, 0.15) is 10.9 Å². The zero-order valence-electron chi connectivity index (χ0n) is 10.8. The molecular formula is C12H16ClN3O3S. The molecule has 1 heterocycles. The lowest BCUT2D eigenvalue weighted by Crippen LogP contribution is -2.50. The number of hydrogen-bond acceptors (Lipinski definition) is 4. The molecule has 1 aromatic carbocycles. The third-order valence-corrected chi connectivity index (χ3v) is 5.56. The summed E-state index contributed by atoms with van der Waals surface area (Å²) in [6, 6.07) is 3.36. The lowest BCUT2D eigenvalue weighted by Gasteiger charge is -2.32. The zero-order valence-corrected chi connectivity index (χ0v) is 12.3. The first-order valence-electron chi connectivity index (χ1n) is 6.20. The van der Waals surface area contributed by atoms with Gasteiger partial charge in [0.2, 0.25) is 15.9 Å². The van der Waals surface area contributed by atoms with E-state index in [-0.39, 0.29) is 17.1 Å². The van der Waals surface area contributed by atoms with Crippen LogP contribution in [-0.2, 0) is 14.8 Å². The van der Waals surface area contributed by atoms with Gasteiger partial charge in [0.15, 0.2) is 0 Å². The van der Waals surface area contributed by atoms with E-state index in [1.165, 1.54) is 18.2 Å². The highest BCUT2D eigenvalue weighted by Crippen LogP contribution is 2.29. The van der Waals surface area contributed by atoms with E-state index in [4.69, 9.17) is 23.1 Å². The number of nitrogen functional groups attached to an aromatic ring is 1. The molecule has 0 saturated carbocycles. The van der Waals surface area contributed by atoms with Crippen molar-refractivity contribution in [3.05, 3.63) is 23.2 Å². The Hall–Kier alpha value is -1.31. The molecule has 1 fully saturated rings. The molecule has 1 atom stereocenters. The van der Waals surface area contributed by atoms with Crippen LogP contribution in [0.2, 0.25) is 5.02 Å². The third kappa shape index (κ3) is 2.74. The molecule has 1 unspecified atom stereocenters. The highest BCUT2D eigenvalue weighted by Gasteiger charge is 2.37. The Morgan fingerprint density at radius 3 is 2.65 bits per heavy atom. The molecule has 4 N–H and O–H groups in total. The van der Waals surface area contributed by atoms with Crippen LogP contribution >= 0.6 is 11.6 Å². The monoisotopic (exact) mass is 317 g/mol. The molecular weight excluding hydrogens is 302 g/mol. The first-order valence-corrected chi connectivity index (χ1v) is 8.02. The summed E-state index contributed by atoms with van der Waals surface area (Å²) in [5.74, 6) is -0.638. The molecule has 8 heteroatoms. The van der Waals surface area contributed by atoms with Crippen molar-refractivity contribution in [3.63, 3.8) is 0 Å². The van der Waals surface area contributed by atoms with Crippen LogP contribution < -0.4 is 11.5 Å². The van der Waals surface area contributed by atoms with Crippen LogP contribution in [0.25, 0.3) is 0 Å². The number of nitrogens with zero attached hydrogens (tertiary/aromatic N) is 1. The first-order chi connectivity index (χ1) is 9.34. The molecule has 1 amide bonds. The minimum Gasteiger partial charge on any atom is -0.398 e. The van der Waals surface area contributed by atoms with Gasteiger partial charge in [-0.05, 0) is 31.0 Å². The Morgan fingerprint density at radius 2 is 2.05 bits per heavy atom. The van der Waals surface area contributed by atoms with Crippen molar-refractivity contribution in [2.75, 3.05) is 12.3 Å². The van der Waals surface area contributed by atoms with E-state index >= 15 is 0 Å². The van der Waals surface area contributed by atoms with Crippen LogP contribution in [0.1, 0.15) is 19.3 Å². The highest BCUT2D eigenvalue weighted by atomic mass is 35.5. The molecule has 1 aliphatic rings.